The molecular formula is C6H7IN2. The zero-order chi connectivity index (χ0) is 6.69. The topological polar surface area (TPSA) is 38.9 Å². The van der Waals surface area contributed by atoms with Crippen LogP contribution in [0.1, 0.15) is 9.61 Å². The summed E-state index contributed by atoms with van der Waals surface area (Å²) in [5.41, 5.74) is 6.69. The van der Waals surface area contributed by atoms with E-state index in [1.807, 2.05) is 12.1 Å². The highest BCUT2D eigenvalue weighted by Crippen LogP contribution is 2.14. The van der Waals surface area contributed by atoms with Crippen LogP contribution in [0.4, 0.5) is 0 Å². The molecule has 0 spiro atoms. The van der Waals surface area contributed by atoms with Crippen molar-refractivity contribution in [1.29, 1.82) is 0 Å². The Bertz CT molecular complexity index is 174. The lowest BCUT2D eigenvalue weighted by Crippen LogP contribution is -2.00. The molecule has 1 unspecified atom stereocenters. The smallest absolute Gasteiger partial charge is 0.0825 e. The highest BCUT2D eigenvalue weighted by atomic mass is 127. The second-order valence-corrected chi connectivity index (χ2v) is 3.02. The van der Waals surface area contributed by atoms with Crippen LogP contribution in [0.5, 0.6) is 0 Å². The molecule has 0 aliphatic rings. The van der Waals surface area contributed by atoms with Crippen molar-refractivity contribution in [1.82, 2.24) is 4.98 Å². The highest BCUT2D eigenvalue weighted by Gasteiger charge is 1.96. The molecule has 9 heavy (non-hydrogen) atoms. The number of nitrogens with zero attached hydrogens (tertiary/aromatic N) is 1. The summed E-state index contributed by atoms with van der Waals surface area (Å²) in [6.45, 7) is 0. The van der Waals surface area contributed by atoms with Crippen LogP contribution in [0.25, 0.3) is 0 Å². The van der Waals surface area contributed by atoms with Crippen LogP contribution >= 0.6 is 22.6 Å². The predicted octanol–water partition coefficient (Wildman–Crippen LogP) is 1.47. The van der Waals surface area contributed by atoms with E-state index in [0.717, 1.165) is 5.56 Å². The first-order valence-corrected chi connectivity index (χ1v) is 3.85. The minimum Gasteiger partial charge on any atom is -0.316 e. The van der Waals surface area contributed by atoms with Gasteiger partial charge in [-0.3, -0.25) is 4.98 Å². The summed E-state index contributed by atoms with van der Waals surface area (Å²) < 4.78 is 0.0885. The van der Waals surface area contributed by atoms with Crippen molar-refractivity contribution in [3.05, 3.63) is 30.1 Å². The first-order valence-electron chi connectivity index (χ1n) is 2.60. The van der Waals surface area contributed by atoms with Gasteiger partial charge in [0.05, 0.1) is 4.05 Å². The van der Waals surface area contributed by atoms with E-state index in [-0.39, 0.29) is 4.05 Å². The molecular weight excluding hydrogens is 227 g/mol. The number of halogens is 1. The predicted molar refractivity (Wildman–Crippen MR) is 45.2 cm³/mol. The largest absolute Gasteiger partial charge is 0.316 e. The lowest BCUT2D eigenvalue weighted by Gasteiger charge is -1.99. The van der Waals surface area contributed by atoms with E-state index in [1.54, 1.807) is 12.4 Å². The number of nitrogens with two attached hydrogens (primary N) is 1. The Morgan fingerprint density at radius 3 is 2.33 bits per heavy atom. The Labute approximate surface area is 67.6 Å². The van der Waals surface area contributed by atoms with E-state index in [0.29, 0.717) is 0 Å². The highest BCUT2D eigenvalue weighted by molar-refractivity contribution is 14.1. The molecule has 0 saturated carbocycles. The van der Waals surface area contributed by atoms with Gasteiger partial charge in [0.25, 0.3) is 0 Å². The van der Waals surface area contributed by atoms with E-state index in [4.69, 9.17) is 5.73 Å². The van der Waals surface area contributed by atoms with Gasteiger partial charge in [0.15, 0.2) is 0 Å². The van der Waals surface area contributed by atoms with Crippen LogP contribution < -0.4 is 5.73 Å². The Morgan fingerprint density at radius 1 is 1.44 bits per heavy atom. The van der Waals surface area contributed by atoms with E-state index in [2.05, 4.69) is 27.6 Å². The number of hydrogen-bond acceptors (Lipinski definition) is 2. The van der Waals surface area contributed by atoms with E-state index >= 15 is 0 Å². The molecule has 0 fully saturated rings. The Balaban J connectivity index is 2.85. The van der Waals surface area contributed by atoms with E-state index in [1.165, 1.54) is 0 Å². The van der Waals surface area contributed by atoms with Crippen LogP contribution in [-0.2, 0) is 0 Å². The molecule has 2 N–H and O–H groups in total. The first kappa shape index (κ1) is 6.95. The summed E-state index contributed by atoms with van der Waals surface area (Å²) in [7, 11) is 0. The third-order valence-corrected chi connectivity index (χ3v) is 1.74. The summed E-state index contributed by atoms with van der Waals surface area (Å²) in [5.74, 6) is 0. The number of alkyl halides is 1. The van der Waals surface area contributed by atoms with Crippen molar-refractivity contribution < 1.29 is 0 Å². The van der Waals surface area contributed by atoms with Crippen LogP contribution in [-0.4, -0.2) is 4.98 Å². The molecule has 1 atom stereocenters. The van der Waals surface area contributed by atoms with Crippen molar-refractivity contribution >= 4 is 22.6 Å². The third-order valence-electron chi connectivity index (χ3n) is 1.02. The molecule has 0 radical (unpaired) electrons. The fraction of sp³-hybridized carbons (Fsp3) is 0.167. The number of hydrogen-bond donors (Lipinski definition) is 1. The van der Waals surface area contributed by atoms with Gasteiger partial charge in [-0.05, 0) is 17.7 Å². The molecule has 1 aromatic heterocycles. The molecule has 0 aliphatic heterocycles. The van der Waals surface area contributed by atoms with Gasteiger partial charge in [-0.25, -0.2) is 0 Å². The minimum absolute atomic E-state index is 0.0885. The summed E-state index contributed by atoms with van der Waals surface area (Å²) in [5, 5.41) is 0. The van der Waals surface area contributed by atoms with Crippen LogP contribution in [0.2, 0.25) is 0 Å². The molecule has 0 aromatic carbocycles. The molecule has 3 heteroatoms. The molecule has 0 aliphatic carbocycles. The van der Waals surface area contributed by atoms with Gasteiger partial charge < -0.3 is 5.73 Å². The molecule has 2 nitrogen and oxygen atoms in total. The molecule has 0 amide bonds. The molecule has 1 aromatic rings. The van der Waals surface area contributed by atoms with Gasteiger partial charge >= 0.3 is 0 Å². The molecule has 1 rings (SSSR count). The van der Waals surface area contributed by atoms with Crippen molar-refractivity contribution in [2.75, 3.05) is 0 Å². The van der Waals surface area contributed by atoms with Gasteiger partial charge in [-0.1, -0.05) is 22.6 Å². The fourth-order valence-corrected chi connectivity index (χ4v) is 0.963. The third kappa shape index (κ3) is 1.91. The second-order valence-electron chi connectivity index (χ2n) is 1.68. The van der Waals surface area contributed by atoms with Gasteiger partial charge in [-0.2, -0.15) is 0 Å². The maximum absolute atomic E-state index is 5.57. The SMILES string of the molecule is NC(I)c1ccncc1. The quantitative estimate of drug-likeness (QED) is 0.454. The lowest BCUT2D eigenvalue weighted by molar-refractivity contribution is 1.07. The van der Waals surface area contributed by atoms with E-state index in [9.17, 15) is 0 Å². The Kier molecular flexibility index (Phi) is 2.41. The second kappa shape index (κ2) is 3.12. The van der Waals surface area contributed by atoms with Gasteiger partial charge in [-0.15, -0.1) is 0 Å². The number of rotatable bonds is 1. The Hall–Kier alpha value is -0.160. The average molecular weight is 234 g/mol. The molecule has 48 valence electrons. The van der Waals surface area contributed by atoms with Crippen molar-refractivity contribution in [3.8, 4) is 0 Å². The van der Waals surface area contributed by atoms with Crippen LogP contribution in [0.3, 0.4) is 0 Å². The molecule has 0 bridgehead atoms. The number of aromatic nitrogens is 1. The summed E-state index contributed by atoms with van der Waals surface area (Å²) in [6.07, 6.45) is 3.49. The monoisotopic (exact) mass is 234 g/mol. The molecule has 1 heterocycles. The fourth-order valence-electron chi connectivity index (χ4n) is 0.547. The first-order chi connectivity index (χ1) is 4.30. The van der Waals surface area contributed by atoms with Crippen molar-refractivity contribution in [3.63, 3.8) is 0 Å². The van der Waals surface area contributed by atoms with Crippen LogP contribution in [0.15, 0.2) is 24.5 Å². The van der Waals surface area contributed by atoms with Gasteiger partial charge in [0.1, 0.15) is 0 Å². The van der Waals surface area contributed by atoms with Crippen molar-refractivity contribution in [2.24, 2.45) is 5.73 Å². The van der Waals surface area contributed by atoms with Crippen molar-refractivity contribution in [2.45, 2.75) is 4.05 Å². The van der Waals surface area contributed by atoms with E-state index < -0.39 is 0 Å². The average Bonchev–Trinajstić information content (AvgIpc) is 1.90. The van der Waals surface area contributed by atoms with Gasteiger partial charge in [0, 0.05) is 12.4 Å². The maximum Gasteiger partial charge on any atom is 0.0825 e. The standard InChI is InChI=1S/C6H7IN2/c7-6(8)5-1-3-9-4-2-5/h1-4,6H,8H2. The summed E-state index contributed by atoms with van der Waals surface area (Å²) in [6, 6.07) is 3.83. The zero-order valence-electron chi connectivity index (χ0n) is 4.79. The normalized spacial score (nSPS) is 13.1. The number of pyridine rings is 1. The minimum atomic E-state index is 0.0885. The lowest BCUT2D eigenvalue weighted by atomic mass is 10.3. The van der Waals surface area contributed by atoms with Crippen LogP contribution in [0, 0.1) is 0 Å². The Morgan fingerprint density at radius 2 is 2.00 bits per heavy atom. The summed E-state index contributed by atoms with van der Waals surface area (Å²) >= 11 is 2.16. The zero-order valence-corrected chi connectivity index (χ0v) is 6.95. The maximum atomic E-state index is 5.57. The molecule has 0 saturated heterocycles. The van der Waals surface area contributed by atoms with Gasteiger partial charge in [0.2, 0.25) is 0 Å². The summed E-state index contributed by atoms with van der Waals surface area (Å²) in [4.78, 5) is 3.87.